The van der Waals surface area contributed by atoms with Crippen molar-refractivity contribution in [2.24, 2.45) is 0 Å². The van der Waals surface area contributed by atoms with Gasteiger partial charge in [-0.15, -0.1) is 0 Å². The molecule has 0 saturated heterocycles. The van der Waals surface area contributed by atoms with Crippen LogP contribution in [0.4, 0.5) is 0 Å². The highest BCUT2D eigenvalue weighted by Crippen LogP contribution is 2.16. The maximum Gasteiger partial charge on any atom is 0.306 e. The Bertz CT molecular complexity index is 1130. The van der Waals surface area contributed by atoms with Gasteiger partial charge in [0.25, 0.3) is 0 Å². The molecule has 0 rings (SSSR count). The van der Waals surface area contributed by atoms with Crippen molar-refractivity contribution in [2.75, 3.05) is 13.2 Å². The van der Waals surface area contributed by atoms with E-state index in [2.05, 4.69) is 57.2 Å². The lowest BCUT2D eigenvalue weighted by atomic mass is 10.0. The second-order valence-corrected chi connectivity index (χ2v) is 19.9. The third-order valence-corrected chi connectivity index (χ3v) is 13.1. The molecule has 0 bridgehead atoms. The van der Waals surface area contributed by atoms with Gasteiger partial charge in [0.05, 0.1) is 0 Å². The van der Waals surface area contributed by atoms with Gasteiger partial charge in [-0.25, -0.2) is 0 Å². The number of carbonyl (C=O) groups excluding carboxylic acids is 3. The van der Waals surface area contributed by atoms with E-state index in [1.807, 2.05) is 0 Å². The van der Waals surface area contributed by atoms with Gasteiger partial charge < -0.3 is 14.2 Å². The van der Waals surface area contributed by atoms with Crippen molar-refractivity contribution in [3.05, 3.63) is 36.5 Å². The molecule has 6 nitrogen and oxygen atoms in total. The van der Waals surface area contributed by atoms with Crippen LogP contribution in [-0.4, -0.2) is 37.2 Å². The Morgan fingerprint density at radius 1 is 0.299 bits per heavy atom. The zero-order chi connectivity index (χ0) is 48.6. The van der Waals surface area contributed by atoms with E-state index in [-0.39, 0.29) is 31.1 Å². The molecule has 0 saturated carbocycles. The molecule has 0 aliphatic heterocycles. The van der Waals surface area contributed by atoms with E-state index in [9.17, 15) is 14.4 Å². The first-order chi connectivity index (χ1) is 33.0. The fourth-order valence-electron chi connectivity index (χ4n) is 8.65. The number of esters is 3. The largest absolute Gasteiger partial charge is 0.462 e. The van der Waals surface area contributed by atoms with E-state index in [1.165, 1.54) is 193 Å². The Kier molecular flexibility index (Phi) is 54.2. The Morgan fingerprint density at radius 3 is 0.851 bits per heavy atom. The van der Waals surface area contributed by atoms with Gasteiger partial charge >= 0.3 is 17.9 Å². The normalized spacial score (nSPS) is 12.2. The van der Waals surface area contributed by atoms with Crippen LogP contribution in [0.3, 0.4) is 0 Å². The Labute approximate surface area is 416 Å². The average molecular weight is 942 g/mol. The van der Waals surface area contributed by atoms with Crippen LogP contribution in [0.25, 0.3) is 0 Å². The summed E-state index contributed by atoms with van der Waals surface area (Å²) in [4.78, 5) is 38.1. The molecule has 6 heteroatoms. The van der Waals surface area contributed by atoms with Crippen molar-refractivity contribution in [1.82, 2.24) is 0 Å². The highest BCUT2D eigenvalue weighted by Gasteiger charge is 2.19. The molecule has 0 amide bonds. The van der Waals surface area contributed by atoms with Gasteiger partial charge in [-0.05, 0) is 77.0 Å². The molecule has 0 fully saturated rings. The third-order valence-electron chi connectivity index (χ3n) is 13.1. The average Bonchev–Trinajstić information content (AvgIpc) is 3.33. The van der Waals surface area contributed by atoms with E-state index in [4.69, 9.17) is 14.2 Å². The molecule has 0 aromatic heterocycles. The van der Waals surface area contributed by atoms with Gasteiger partial charge in [-0.3, -0.25) is 14.4 Å². The third kappa shape index (κ3) is 54.4. The molecule has 1 unspecified atom stereocenters. The van der Waals surface area contributed by atoms with Crippen LogP contribution in [0.15, 0.2) is 36.5 Å². The Balaban J connectivity index is 4.24. The lowest BCUT2D eigenvalue weighted by Crippen LogP contribution is -2.30. The summed E-state index contributed by atoms with van der Waals surface area (Å²) in [5, 5.41) is 0. The van der Waals surface area contributed by atoms with Crippen LogP contribution in [-0.2, 0) is 28.6 Å². The molecule has 392 valence electrons. The first kappa shape index (κ1) is 64.6. The topological polar surface area (TPSA) is 78.9 Å². The van der Waals surface area contributed by atoms with Crippen molar-refractivity contribution in [3.8, 4) is 0 Å². The van der Waals surface area contributed by atoms with Gasteiger partial charge in [0.1, 0.15) is 13.2 Å². The first-order valence-electron chi connectivity index (χ1n) is 29.5. The number of carbonyl (C=O) groups is 3. The van der Waals surface area contributed by atoms with Gasteiger partial charge in [-0.2, -0.15) is 0 Å². The van der Waals surface area contributed by atoms with Crippen molar-refractivity contribution >= 4 is 17.9 Å². The molecule has 0 spiro atoms. The van der Waals surface area contributed by atoms with Crippen molar-refractivity contribution in [2.45, 2.75) is 322 Å². The molecule has 0 heterocycles. The van der Waals surface area contributed by atoms with E-state index < -0.39 is 6.10 Å². The number of hydrogen-bond acceptors (Lipinski definition) is 6. The van der Waals surface area contributed by atoms with Crippen LogP contribution in [0.2, 0.25) is 0 Å². The highest BCUT2D eigenvalue weighted by molar-refractivity contribution is 5.71. The van der Waals surface area contributed by atoms with Crippen LogP contribution >= 0.6 is 0 Å². The second-order valence-electron chi connectivity index (χ2n) is 19.9. The summed E-state index contributed by atoms with van der Waals surface area (Å²) in [6, 6.07) is 0. The predicted molar refractivity (Wildman–Crippen MR) is 289 cm³/mol. The molecular weight excluding hydrogens is 829 g/mol. The van der Waals surface area contributed by atoms with Crippen molar-refractivity contribution in [3.63, 3.8) is 0 Å². The summed E-state index contributed by atoms with van der Waals surface area (Å²) in [5.74, 6) is -0.875. The number of rotatable bonds is 54. The molecule has 0 aliphatic rings. The van der Waals surface area contributed by atoms with Crippen LogP contribution in [0.1, 0.15) is 316 Å². The lowest BCUT2D eigenvalue weighted by molar-refractivity contribution is -0.167. The SMILES string of the molecule is CCCCCC/C=C\C/C=C\CCCCCCCC(=O)OC(COC(=O)CCCCCCCCCCCC)COC(=O)CCCCCCCCCCCCC/C=C\CCCCCCCCCC. The molecule has 0 aromatic rings. The van der Waals surface area contributed by atoms with Crippen LogP contribution < -0.4 is 0 Å². The molecule has 1 atom stereocenters. The Morgan fingerprint density at radius 2 is 0.537 bits per heavy atom. The molecule has 0 radical (unpaired) electrons. The Hall–Kier alpha value is -2.37. The number of allylic oxidation sites excluding steroid dienone is 6. The van der Waals surface area contributed by atoms with Crippen LogP contribution in [0, 0.1) is 0 Å². The monoisotopic (exact) mass is 941 g/mol. The number of ether oxygens (including phenoxy) is 3. The molecule has 67 heavy (non-hydrogen) atoms. The van der Waals surface area contributed by atoms with E-state index in [1.54, 1.807) is 0 Å². The van der Waals surface area contributed by atoms with Gasteiger partial charge in [0.2, 0.25) is 0 Å². The molecule has 0 aromatic carbocycles. The minimum absolute atomic E-state index is 0.0747. The number of unbranched alkanes of at least 4 members (excludes halogenated alkanes) is 37. The number of hydrogen-bond donors (Lipinski definition) is 0. The van der Waals surface area contributed by atoms with Crippen LogP contribution in [0.5, 0.6) is 0 Å². The summed E-state index contributed by atoms with van der Waals surface area (Å²) < 4.78 is 16.8. The fraction of sp³-hybridized carbons (Fsp3) is 0.852. The van der Waals surface area contributed by atoms with Gasteiger partial charge in [0, 0.05) is 19.3 Å². The molecule has 0 N–H and O–H groups in total. The maximum atomic E-state index is 12.8. The quantitative estimate of drug-likeness (QED) is 0.0262. The zero-order valence-corrected chi connectivity index (χ0v) is 44.9. The molecular formula is C61H112O6. The van der Waals surface area contributed by atoms with Crippen molar-refractivity contribution < 1.29 is 28.6 Å². The van der Waals surface area contributed by atoms with E-state index >= 15 is 0 Å². The predicted octanol–water partition coefficient (Wildman–Crippen LogP) is 19.7. The molecule has 0 aliphatic carbocycles. The second kappa shape index (κ2) is 56.2. The summed E-state index contributed by atoms with van der Waals surface area (Å²) in [7, 11) is 0. The minimum Gasteiger partial charge on any atom is -0.462 e. The van der Waals surface area contributed by atoms with E-state index in [0.717, 1.165) is 83.5 Å². The standard InChI is InChI=1S/C61H112O6/c1-4-7-10-13-16-19-22-24-26-28-29-30-31-32-33-34-36-37-39-42-45-48-51-54-60(63)66-57-58(56-65-59(62)53-50-47-44-41-21-18-15-12-9-6-3)67-61(64)55-52-49-46-43-40-38-35-27-25-23-20-17-14-11-8-5-2/h20,23,27-29,35,58H,4-19,21-22,24-26,30-34,36-57H2,1-3H3/b23-20-,29-28-,35-27-. The fourth-order valence-corrected chi connectivity index (χ4v) is 8.65. The minimum atomic E-state index is -0.776. The summed E-state index contributed by atoms with van der Waals surface area (Å²) in [5.41, 5.74) is 0. The summed E-state index contributed by atoms with van der Waals surface area (Å²) >= 11 is 0. The smallest absolute Gasteiger partial charge is 0.306 e. The lowest BCUT2D eigenvalue weighted by Gasteiger charge is -2.18. The summed E-state index contributed by atoms with van der Waals surface area (Å²) in [6.45, 7) is 6.63. The maximum absolute atomic E-state index is 12.8. The van der Waals surface area contributed by atoms with E-state index in [0.29, 0.717) is 19.3 Å². The zero-order valence-electron chi connectivity index (χ0n) is 44.9. The van der Waals surface area contributed by atoms with Gasteiger partial charge in [-0.1, -0.05) is 256 Å². The highest BCUT2D eigenvalue weighted by atomic mass is 16.6. The summed E-state index contributed by atoms with van der Waals surface area (Å²) in [6.07, 6.45) is 67.2. The van der Waals surface area contributed by atoms with Gasteiger partial charge in [0.15, 0.2) is 6.10 Å². The first-order valence-corrected chi connectivity index (χ1v) is 29.5. The van der Waals surface area contributed by atoms with Crippen molar-refractivity contribution in [1.29, 1.82) is 0 Å².